The van der Waals surface area contributed by atoms with E-state index in [1.807, 2.05) is 6.92 Å². The van der Waals surface area contributed by atoms with Gasteiger partial charge in [-0.1, -0.05) is 0 Å². The first-order valence-electron chi connectivity index (χ1n) is 7.11. The maximum atomic E-state index is 13.8. The molecule has 0 bridgehead atoms. The van der Waals surface area contributed by atoms with Crippen LogP contribution in [0.15, 0.2) is 18.5 Å². The molecule has 1 aromatic carbocycles. The van der Waals surface area contributed by atoms with Crippen molar-refractivity contribution >= 4 is 6.03 Å². The topological polar surface area (TPSA) is 81.1 Å². The van der Waals surface area contributed by atoms with Gasteiger partial charge < -0.3 is 19.9 Å². The van der Waals surface area contributed by atoms with Crippen molar-refractivity contribution in [2.45, 2.75) is 26.1 Å². The number of nitrogens with zero attached hydrogens (tertiary/aromatic N) is 3. The van der Waals surface area contributed by atoms with Crippen molar-refractivity contribution in [1.82, 2.24) is 25.4 Å². The molecule has 0 spiro atoms. The van der Waals surface area contributed by atoms with Gasteiger partial charge in [0.15, 0.2) is 5.82 Å². The molecule has 9 heteroatoms. The molecule has 1 aromatic heterocycles. The molecule has 0 fully saturated rings. The molecular formula is C14H15F2N5O2. The molecule has 1 aliphatic heterocycles. The molecule has 0 radical (unpaired) electrons. The van der Waals surface area contributed by atoms with Crippen LogP contribution in [0, 0.1) is 11.6 Å². The SMILES string of the molecule is CCn1cnnc1CNC(=O)NC1COc2cc(F)cc(F)c21. The molecule has 23 heavy (non-hydrogen) atoms. The smallest absolute Gasteiger partial charge is 0.315 e. The minimum atomic E-state index is -0.742. The van der Waals surface area contributed by atoms with Crippen LogP contribution in [0.1, 0.15) is 24.4 Å². The van der Waals surface area contributed by atoms with E-state index in [0.717, 1.165) is 12.1 Å². The summed E-state index contributed by atoms with van der Waals surface area (Å²) in [7, 11) is 0. The third-order valence-electron chi connectivity index (χ3n) is 3.56. The van der Waals surface area contributed by atoms with Crippen molar-refractivity contribution in [3.8, 4) is 5.75 Å². The highest BCUT2D eigenvalue weighted by atomic mass is 19.1. The van der Waals surface area contributed by atoms with Crippen LogP contribution in [-0.4, -0.2) is 27.4 Å². The summed E-state index contributed by atoms with van der Waals surface area (Å²) in [4.78, 5) is 12.0. The van der Waals surface area contributed by atoms with Crippen molar-refractivity contribution < 1.29 is 18.3 Å². The predicted molar refractivity (Wildman–Crippen MR) is 75.7 cm³/mol. The first-order valence-corrected chi connectivity index (χ1v) is 7.11. The van der Waals surface area contributed by atoms with Gasteiger partial charge >= 0.3 is 6.03 Å². The maximum absolute atomic E-state index is 13.8. The first-order chi connectivity index (χ1) is 11.1. The van der Waals surface area contributed by atoms with E-state index in [1.54, 1.807) is 10.9 Å². The molecule has 0 saturated carbocycles. The normalized spacial score (nSPS) is 15.9. The Balaban J connectivity index is 1.62. The van der Waals surface area contributed by atoms with Crippen LogP contribution in [-0.2, 0) is 13.1 Å². The fourth-order valence-corrected chi connectivity index (χ4v) is 2.44. The van der Waals surface area contributed by atoms with E-state index < -0.39 is 23.7 Å². The van der Waals surface area contributed by atoms with Gasteiger partial charge in [-0.15, -0.1) is 10.2 Å². The second-order valence-corrected chi connectivity index (χ2v) is 5.02. The van der Waals surface area contributed by atoms with Gasteiger partial charge in [-0.25, -0.2) is 13.6 Å². The van der Waals surface area contributed by atoms with Gasteiger partial charge in [0.1, 0.15) is 30.3 Å². The monoisotopic (exact) mass is 323 g/mol. The van der Waals surface area contributed by atoms with Gasteiger partial charge in [0.25, 0.3) is 0 Å². The highest BCUT2D eigenvalue weighted by molar-refractivity contribution is 5.74. The lowest BCUT2D eigenvalue weighted by atomic mass is 10.1. The molecule has 2 aromatic rings. The number of hydrogen-bond acceptors (Lipinski definition) is 4. The second kappa shape index (κ2) is 6.19. The van der Waals surface area contributed by atoms with Gasteiger partial charge in [-0.2, -0.15) is 0 Å². The second-order valence-electron chi connectivity index (χ2n) is 5.02. The average Bonchev–Trinajstić information content (AvgIpc) is 3.11. The van der Waals surface area contributed by atoms with E-state index in [2.05, 4.69) is 20.8 Å². The number of carbonyl (C=O) groups excluding carboxylic acids is 1. The summed E-state index contributed by atoms with van der Waals surface area (Å²) in [5, 5.41) is 12.9. The standard InChI is InChI=1S/C14H15F2N5O2/c1-2-21-7-18-20-12(21)5-17-14(22)19-10-6-23-11-4-8(15)3-9(16)13(10)11/h3-4,7,10H,2,5-6H2,1H3,(H2,17,19,22). The number of halogens is 2. The summed E-state index contributed by atoms with van der Waals surface area (Å²) in [5.74, 6) is -0.740. The van der Waals surface area contributed by atoms with Crippen LogP contribution in [0.5, 0.6) is 5.75 Å². The quantitative estimate of drug-likeness (QED) is 0.894. The Morgan fingerprint density at radius 2 is 2.30 bits per heavy atom. The Kier molecular flexibility index (Phi) is 4.09. The minimum Gasteiger partial charge on any atom is -0.490 e. The Morgan fingerprint density at radius 1 is 1.48 bits per heavy atom. The van der Waals surface area contributed by atoms with Crippen LogP contribution < -0.4 is 15.4 Å². The number of nitrogens with one attached hydrogen (secondary N) is 2. The highest BCUT2D eigenvalue weighted by Crippen LogP contribution is 2.35. The zero-order chi connectivity index (χ0) is 16.4. The van der Waals surface area contributed by atoms with Gasteiger partial charge in [0.2, 0.25) is 0 Å². The van der Waals surface area contributed by atoms with Crippen molar-refractivity contribution in [3.05, 3.63) is 41.5 Å². The van der Waals surface area contributed by atoms with Gasteiger partial charge in [0.05, 0.1) is 18.2 Å². The fourth-order valence-electron chi connectivity index (χ4n) is 2.44. The molecule has 2 amide bonds. The molecule has 7 nitrogen and oxygen atoms in total. The number of ether oxygens (including phenoxy) is 1. The molecule has 1 unspecified atom stereocenters. The molecule has 0 aliphatic carbocycles. The van der Waals surface area contributed by atoms with E-state index in [1.165, 1.54) is 0 Å². The minimum absolute atomic E-state index is 0.0499. The zero-order valence-corrected chi connectivity index (χ0v) is 12.3. The van der Waals surface area contributed by atoms with Crippen LogP contribution >= 0.6 is 0 Å². The van der Waals surface area contributed by atoms with Crippen molar-refractivity contribution in [3.63, 3.8) is 0 Å². The van der Waals surface area contributed by atoms with Gasteiger partial charge in [0, 0.05) is 18.7 Å². The van der Waals surface area contributed by atoms with Crippen molar-refractivity contribution in [2.24, 2.45) is 0 Å². The van der Waals surface area contributed by atoms with Gasteiger partial charge in [-0.3, -0.25) is 0 Å². The van der Waals surface area contributed by atoms with Crippen LogP contribution in [0.2, 0.25) is 0 Å². The lowest BCUT2D eigenvalue weighted by Crippen LogP contribution is -2.38. The van der Waals surface area contributed by atoms with Crippen LogP contribution in [0.4, 0.5) is 13.6 Å². The first kappa shape index (κ1) is 15.2. The van der Waals surface area contributed by atoms with E-state index >= 15 is 0 Å². The summed E-state index contributed by atoms with van der Waals surface area (Å²) in [6.07, 6.45) is 1.57. The van der Waals surface area contributed by atoms with Crippen LogP contribution in [0.25, 0.3) is 0 Å². The number of aromatic nitrogens is 3. The van der Waals surface area contributed by atoms with Crippen LogP contribution in [0.3, 0.4) is 0 Å². The number of carbonyl (C=O) groups is 1. The number of benzene rings is 1. The average molecular weight is 323 g/mol. The van der Waals surface area contributed by atoms with Crippen molar-refractivity contribution in [2.75, 3.05) is 6.61 Å². The molecule has 2 N–H and O–H groups in total. The number of fused-ring (bicyclic) bond motifs is 1. The third-order valence-corrected chi connectivity index (χ3v) is 3.56. The van der Waals surface area contributed by atoms with E-state index in [4.69, 9.17) is 4.74 Å². The molecule has 3 rings (SSSR count). The summed E-state index contributed by atoms with van der Waals surface area (Å²) < 4.78 is 34.0. The molecule has 1 atom stereocenters. The highest BCUT2D eigenvalue weighted by Gasteiger charge is 2.30. The summed E-state index contributed by atoms with van der Waals surface area (Å²) in [5.41, 5.74) is 0.151. The molecule has 122 valence electrons. The number of rotatable bonds is 4. The molecule has 1 aliphatic rings. The maximum Gasteiger partial charge on any atom is 0.315 e. The zero-order valence-electron chi connectivity index (χ0n) is 12.3. The van der Waals surface area contributed by atoms with E-state index in [-0.39, 0.29) is 24.5 Å². The summed E-state index contributed by atoms with van der Waals surface area (Å²) in [6, 6.07) is 0.696. The van der Waals surface area contributed by atoms with E-state index in [9.17, 15) is 13.6 Å². The molecule has 2 heterocycles. The predicted octanol–water partition coefficient (Wildman–Crippen LogP) is 1.51. The number of urea groups is 1. The third kappa shape index (κ3) is 3.08. The molecule has 0 saturated heterocycles. The fraction of sp³-hybridized carbons (Fsp3) is 0.357. The lowest BCUT2D eigenvalue weighted by Gasteiger charge is -2.13. The van der Waals surface area contributed by atoms with E-state index in [0.29, 0.717) is 12.4 Å². The Labute approximate surface area is 130 Å². The summed E-state index contributed by atoms with van der Waals surface area (Å²) in [6.45, 7) is 2.86. The van der Waals surface area contributed by atoms with Crippen molar-refractivity contribution in [1.29, 1.82) is 0 Å². The van der Waals surface area contributed by atoms with Gasteiger partial charge in [-0.05, 0) is 6.92 Å². The largest absolute Gasteiger partial charge is 0.490 e. The summed E-state index contributed by atoms with van der Waals surface area (Å²) >= 11 is 0. The Bertz CT molecular complexity index is 734. The lowest BCUT2D eigenvalue weighted by molar-refractivity contribution is 0.231. The number of amides is 2. The number of hydrogen-bond donors (Lipinski definition) is 2. The number of aryl methyl sites for hydroxylation is 1. The Morgan fingerprint density at radius 3 is 3.09 bits per heavy atom. The Hall–Kier alpha value is -2.71. The molecular weight excluding hydrogens is 308 g/mol.